The van der Waals surface area contributed by atoms with Crippen LogP contribution >= 0.6 is 11.6 Å². The van der Waals surface area contributed by atoms with Gasteiger partial charge in [0.2, 0.25) is 0 Å². The van der Waals surface area contributed by atoms with E-state index in [2.05, 4.69) is 4.98 Å². The van der Waals surface area contributed by atoms with E-state index in [1.54, 1.807) is 6.07 Å². The Morgan fingerprint density at radius 3 is 2.95 bits per heavy atom. The maximum atomic E-state index is 12.5. The molecule has 114 valence electrons. The van der Waals surface area contributed by atoms with Gasteiger partial charge in [0.05, 0.1) is 13.2 Å². The fraction of sp³-hybridized carbons (Fsp3) is 0.500. The van der Waals surface area contributed by atoms with Crippen molar-refractivity contribution >= 4 is 23.5 Å². The third-order valence-electron chi connectivity index (χ3n) is 3.27. The molecule has 1 fully saturated rings. The first-order valence-electron chi connectivity index (χ1n) is 6.81. The third kappa shape index (κ3) is 3.71. The number of aryl methyl sites for hydroxylation is 1. The zero-order chi connectivity index (χ0) is 15.4. The standard InChI is InChI=1S/C14H17ClN2O4/c1-2-3-10-6-9(7-12(15)16-10)13(18)17-4-5-21-8-11(17)14(19)20/h6-7,11H,2-5,8H2,1H3,(H,19,20). The Kier molecular flexibility index (Phi) is 5.14. The van der Waals surface area contributed by atoms with Crippen molar-refractivity contribution in [3.05, 3.63) is 28.5 Å². The van der Waals surface area contributed by atoms with Crippen molar-refractivity contribution in [1.29, 1.82) is 0 Å². The number of carboxylic acids is 1. The molecule has 1 aromatic heterocycles. The summed E-state index contributed by atoms with van der Waals surface area (Å²) in [6.45, 7) is 2.59. The Balaban J connectivity index is 2.27. The van der Waals surface area contributed by atoms with Crippen molar-refractivity contribution in [1.82, 2.24) is 9.88 Å². The number of halogens is 1. The van der Waals surface area contributed by atoms with Crippen LogP contribution in [0.2, 0.25) is 5.15 Å². The maximum Gasteiger partial charge on any atom is 0.328 e. The molecule has 0 bridgehead atoms. The SMILES string of the molecule is CCCc1cc(C(=O)N2CCOCC2C(=O)O)cc(Cl)n1. The number of amides is 1. The number of carbonyl (C=O) groups excluding carboxylic acids is 1. The fourth-order valence-electron chi connectivity index (χ4n) is 2.28. The number of rotatable bonds is 4. The number of pyridine rings is 1. The molecule has 1 unspecified atom stereocenters. The number of hydrogen-bond acceptors (Lipinski definition) is 4. The summed E-state index contributed by atoms with van der Waals surface area (Å²) < 4.78 is 5.13. The smallest absolute Gasteiger partial charge is 0.328 e. The van der Waals surface area contributed by atoms with Gasteiger partial charge in [0.1, 0.15) is 5.15 Å². The van der Waals surface area contributed by atoms with Crippen LogP contribution in [0.5, 0.6) is 0 Å². The van der Waals surface area contributed by atoms with Gasteiger partial charge in [0, 0.05) is 17.8 Å². The molecule has 0 aliphatic carbocycles. The Morgan fingerprint density at radius 1 is 1.52 bits per heavy atom. The topological polar surface area (TPSA) is 79.7 Å². The zero-order valence-electron chi connectivity index (χ0n) is 11.7. The summed E-state index contributed by atoms with van der Waals surface area (Å²) in [6, 6.07) is 2.18. The van der Waals surface area contributed by atoms with E-state index in [1.165, 1.54) is 11.0 Å². The number of morpholine rings is 1. The highest BCUT2D eigenvalue weighted by Gasteiger charge is 2.33. The highest BCUT2D eigenvalue weighted by atomic mass is 35.5. The molecular formula is C14H17ClN2O4. The average molecular weight is 313 g/mol. The first-order chi connectivity index (χ1) is 10.0. The molecule has 1 atom stereocenters. The summed E-state index contributed by atoms with van der Waals surface area (Å²) in [7, 11) is 0. The molecule has 6 nitrogen and oxygen atoms in total. The molecule has 21 heavy (non-hydrogen) atoms. The van der Waals surface area contributed by atoms with Crippen LogP contribution in [0.25, 0.3) is 0 Å². The number of nitrogens with zero attached hydrogens (tertiary/aromatic N) is 2. The fourth-order valence-corrected chi connectivity index (χ4v) is 2.50. The van der Waals surface area contributed by atoms with Crippen LogP contribution in [0.4, 0.5) is 0 Å². The number of aromatic nitrogens is 1. The Bertz CT molecular complexity index is 550. The number of ether oxygens (including phenoxy) is 1. The van der Waals surface area contributed by atoms with Crippen molar-refractivity contribution in [3.8, 4) is 0 Å². The summed E-state index contributed by atoms with van der Waals surface area (Å²) in [5, 5.41) is 9.43. The molecule has 1 amide bonds. The summed E-state index contributed by atoms with van der Waals surface area (Å²) in [6.07, 6.45) is 1.60. The lowest BCUT2D eigenvalue weighted by Gasteiger charge is -2.32. The van der Waals surface area contributed by atoms with E-state index in [0.717, 1.165) is 12.1 Å². The van der Waals surface area contributed by atoms with E-state index in [-0.39, 0.29) is 24.2 Å². The van der Waals surface area contributed by atoms with Gasteiger partial charge < -0.3 is 14.7 Å². The van der Waals surface area contributed by atoms with Crippen LogP contribution in [0.1, 0.15) is 29.4 Å². The molecule has 2 rings (SSSR count). The normalized spacial score (nSPS) is 18.6. The van der Waals surface area contributed by atoms with Gasteiger partial charge in [-0.1, -0.05) is 24.9 Å². The number of hydrogen-bond donors (Lipinski definition) is 1. The van der Waals surface area contributed by atoms with Gasteiger partial charge in [-0.15, -0.1) is 0 Å². The van der Waals surface area contributed by atoms with Crippen molar-refractivity contribution in [2.24, 2.45) is 0 Å². The minimum absolute atomic E-state index is 0.00169. The Morgan fingerprint density at radius 2 is 2.29 bits per heavy atom. The molecule has 0 saturated carbocycles. The number of carboxylic acid groups (broad SMARTS) is 1. The second-order valence-electron chi connectivity index (χ2n) is 4.85. The van der Waals surface area contributed by atoms with Crippen LogP contribution in [-0.2, 0) is 16.0 Å². The highest BCUT2D eigenvalue weighted by Crippen LogP contribution is 2.17. The Hall–Kier alpha value is -1.66. The third-order valence-corrected chi connectivity index (χ3v) is 3.47. The molecule has 0 aromatic carbocycles. The van der Waals surface area contributed by atoms with Crippen molar-refractivity contribution in [2.75, 3.05) is 19.8 Å². The molecule has 1 aliphatic rings. The summed E-state index contributed by atoms with van der Waals surface area (Å²) in [5.74, 6) is -1.43. The summed E-state index contributed by atoms with van der Waals surface area (Å²) >= 11 is 5.94. The lowest BCUT2D eigenvalue weighted by atomic mass is 10.1. The van der Waals surface area contributed by atoms with Gasteiger partial charge in [-0.3, -0.25) is 4.79 Å². The summed E-state index contributed by atoms with van der Waals surface area (Å²) in [4.78, 5) is 29.2. The minimum Gasteiger partial charge on any atom is -0.480 e. The van der Waals surface area contributed by atoms with E-state index in [4.69, 9.17) is 16.3 Å². The molecule has 1 aromatic rings. The lowest BCUT2D eigenvalue weighted by molar-refractivity contribution is -0.147. The molecule has 2 heterocycles. The Labute approximate surface area is 127 Å². The second-order valence-corrected chi connectivity index (χ2v) is 5.23. The van der Waals surface area contributed by atoms with Crippen LogP contribution < -0.4 is 0 Å². The van der Waals surface area contributed by atoms with E-state index in [9.17, 15) is 14.7 Å². The molecule has 1 saturated heterocycles. The highest BCUT2D eigenvalue weighted by molar-refractivity contribution is 6.29. The zero-order valence-corrected chi connectivity index (χ0v) is 12.5. The van der Waals surface area contributed by atoms with Crippen LogP contribution in [-0.4, -0.2) is 52.7 Å². The molecular weight excluding hydrogens is 296 g/mol. The van der Waals surface area contributed by atoms with Crippen molar-refractivity contribution in [2.45, 2.75) is 25.8 Å². The van der Waals surface area contributed by atoms with Gasteiger partial charge in [-0.2, -0.15) is 0 Å². The van der Waals surface area contributed by atoms with Gasteiger partial charge in [-0.25, -0.2) is 9.78 Å². The lowest BCUT2D eigenvalue weighted by Crippen LogP contribution is -2.52. The monoisotopic (exact) mass is 312 g/mol. The van der Waals surface area contributed by atoms with Gasteiger partial charge >= 0.3 is 5.97 Å². The van der Waals surface area contributed by atoms with Crippen LogP contribution in [0.3, 0.4) is 0 Å². The van der Waals surface area contributed by atoms with Crippen LogP contribution in [0.15, 0.2) is 12.1 Å². The largest absolute Gasteiger partial charge is 0.480 e. The predicted octanol–water partition coefficient (Wildman–Crippen LogP) is 1.61. The van der Waals surface area contributed by atoms with E-state index >= 15 is 0 Å². The molecule has 1 aliphatic heterocycles. The van der Waals surface area contributed by atoms with E-state index in [0.29, 0.717) is 18.6 Å². The second kappa shape index (κ2) is 6.87. The minimum atomic E-state index is -1.07. The predicted molar refractivity (Wildman–Crippen MR) is 76.5 cm³/mol. The summed E-state index contributed by atoms with van der Waals surface area (Å²) in [5.41, 5.74) is 1.10. The van der Waals surface area contributed by atoms with Gasteiger partial charge in [-0.05, 0) is 18.6 Å². The van der Waals surface area contributed by atoms with E-state index in [1.807, 2.05) is 6.92 Å². The van der Waals surface area contributed by atoms with Crippen molar-refractivity contribution in [3.63, 3.8) is 0 Å². The quantitative estimate of drug-likeness (QED) is 0.854. The molecule has 7 heteroatoms. The van der Waals surface area contributed by atoms with Crippen molar-refractivity contribution < 1.29 is 19.4 Å². The number of aliphatic carboxylic acids is 1. The molecule has 0 radical (unpaired) electrons. The van der Waals surface area contributed by atoms with E-state index < -0.39 is 12.0 Å². The average Bonchev–Trinajstić information content (AvgIpc) is 2.46. The van der Waals surface area contributed by atoms with Gasteiger partial charge in [0.25, 0.3) is 5.91 Å². The molecule has 1 N–H and O–H groups in total. The maximum absolute atomic E-state index is 12.5. The first-order valence-corrected chi connectivity index (χ1v) is 7.18. The van der Waals surface area contributed by atoms with Crippen LogP contribution in [0, 0.1) is 0 Å². The first kappa shape index (κ1) is 15.7. The number of carbonyl (C=O) groups is 2. The van der Waals surface area contributed by atoms with Gasteiger partial charge in [0.15, 0.2) is 6.04 Å². The molecule has 0 spiro atoms.